The van der Waals surface area contributed by atoms with E-state index >= 15 is 0 Å². The molecule has 1 atom stereocenters. The van der Waals surface area contributed by atoms with Gasteiger partial charge >= 0.3 is 0 Å². The molecule has 0 bridgehead atoms. The van der Waals surface area contributed by atoms with Crippen LogP contribution >= 0.6 is 0 Å². The Hall–Kier alpha value is -1.29. The van der Waals surface area contributed by atoms with E-state index in [4.69, 9.17) is 10.5 Å². The summed E-state index contributed by atoms with van der Waals surface area (Å²) in [4.78, 5) is 4.15. The van der Waals surface area contributed by atoms with E-state index in [1.807, 2.05) is 6.07 Å². The molecule has 4 nitrogen and oxygen atoms in total. The molecular weight excluding hydrogens is 178 g/mol. The van der Waals surface area contributed by atoms with E-state index in [9.17, 15) is 0 Å². The van der Waals surface area contributed by atoms with E-state index in [0.29, 0.717) is 6.10 Å². The number of nitrogens with zero attached hydrogens (tertiary/aromatic N) is 1. The minimum atomic E-state index is 0.332. The van der Waals surface area contributed by atoms with E-state index in [2.05, 4.69) is 10.3 Å². The van der Waals surface area contributed by atoms with Crippen LogP contribution < -0.4 is 11.1 Å². The lowest BCUT2D eigenvalue weighted by Gasteiger charge is -2.11. The highest BCUT2D eigenvalue weighted by Crippen LogP contribution is 2.13. The van der Waals surface area contributed by atoms with Gasteiger partial charge in [-0.25, -0.2) is 4.98 Å². The van der Waals surface area contributed by atoms with Gasteiger partial charge in [0.05, 0.1) is 6.10 Å². The first kappa shape index (κ1) is 9.27. The van der Waals surface area contributed by atoms with Gasteiger partial charge in [-0.15, -0.1) is 0 Å². The van der Waals surface area contributed by atoms with Crippen molar-refractivity contribution in [2.45, 2.75) is 18.9 Å². The molecule has 1 fully saturated rings. The third-order valence-electron chi connectivity index (χ3n) is 2.32. The standard InChI is InChI=1S/C10H15N3O/c11-8-3-4-12-10(6-8)13-7-9-2-1-5-14-9/h3-4,6,9H,1-2,5,7H2,(H3,11,12,13). The highest BCUT2D eigenvalue weighted by Gasteiger charge is 2.14. The quantitative estimate of drug-likeness (QED) is 0.758. The van der Waals surface area contributed by atoms with Gasteiger partial charge in [-0.2, -0.15) is 0 Å². The van der Waals surface area contributed by atoms with Crippen LogP contribution in [0.15, 0.2) is 18.3 Å². The average Bonchev–Trinajstić information content (AvgIpc) is 2.67. The Morgan fingerprint density at radius 3 is 3.29 bits per heavy atom. The second kappa shape index (κ2) is 4.28. The maximum atomic E-state index is 5.63. The summed E-state index contributed by atoms with van der Waals surface area (Å²) in [5.74, 6) is 0.820. The van der Waals surface area contributed by atoms with Crippen molar-refractivity contribution < 1.29 is 4.74 Å². The molecule has 0 spiro atoms. The lowest BCUT2D eigenvalue weighted by atomic mass is 10.2. The predicted molar refractivity (Wildman–Crippen MR) is 56.1 cm³/mol. The zero-order valence-electron chi connectivity index (χ0n) is 8.07. The normalized spacial score (nSPS) is 21.0. The van der Waals surface area contributed by atoms with Gasteiger partial charge < -0.3 is 15.8 Å². The number of nitrogen functional groups attached to an aromatic ring is 1. The molecular formula is C10H15N3O. The van der Waals surface area contributed by atoms with Gasteiger partial charge in [0, 0.05) is 31.1 Å². The number of hydrogen-bond donors (Lipinski definition) is 2. The van der Waals surface area contributed by atoms with E-state index in [-0.39, 0.29) is 0 Å². The molecule has 14 heavy (non-hydrogen) atoms. The predicted octanol–water partition coefficient (Wildman–Crippen LogP) is 1.25. The van der Waals surface area contributed by atoms with Crippen molar-refractivity contribution in [3.63, 3.8) is 0 Å². The third-order valence-corrected chi connectivity index (χ3v) is 2.32. The van der Waals surface area contributed by atoms with Crippen LogP contribution in [0, 0.1) is 0 Å². The SMILES string of the molecule is Nc1ccnc(NCC2CCCO2)c1. The zero-order chi connectivity index (χ0) is 9.80. The van der Waals surface area contributed by atoms with E-state index in [0.717, 1.165) is 37.5 Å². The summed E-state index contributed by atoms with van der Waals surface area (Å²) in [6.45, 7) is 1.70. The maximum absolute atomic E-state index is 5.63. The van der Waals surface area contributed by atoms with Crippen LogP contribution in [0.25, 0.3) is 0 Å². The molecule has 2 heterocycles. The molecule has 0 saturated carbocycles. The molecule has 1 unspecified atom stereocenters. The molecule has 0 radical (unpaired) electrons. The van der Waals surface area contributed by atoms with Crippen molar-refractivity contribution in [1.82, 2.24) is 4.98 Å². The summed E-state index contributed by atoms with van der Waals surface area (Å²) in [6, 6.07) is 3.60. The van der Waals surface area contributed by atoms with Gasteiger partial charge in [-0.1, -0.05) is 0 Å². The fourth-order valence-corrected chi connectivity index (χ4v) is 1.57. The number of hydrogen-bond acceptors (Lipinski definition) is 4. The van der Waals surface area contributed by atoms with Gasteiger partial charge in [0.2, 0.25) is 0 Å². The number of ether oxygens (including phenoxy) is 1. The second-order valence-electron chi connectivity index (χ2n) is 3.49. The highest BCUT2D eigenvalue weighted by atomic mass is 16.5. The number of nitrogens with two attached hydrogens (primary N) is 1. The first-order chi connectivity index (χ1) is 6.84. The van der Waals surface area contributed by atoms with Crippen LogP contribution in [0.2, 0.25) is 0 Å². The Labute approximate surface area is 83.5 Å². The van der Waals surface area contributed by atoms with Gasteiger partial charge in [-0.05, 0) is 18.9 Å². The van der Waals surface area contributed by atoms with E-state index in [1.54, 1.807) is 12.3 Å². The van der Waals surface area contributed by atoms with E-state index < -0.39 is 0 Å². The summed E-state index contributed by atoms with van der Waals surface area (Å²) in [6.07, 6.45) is 4.33. The largest absolute Gasteiger partial charge is 0.399 e. The molecule has 1 aromatic heterocycles. The Bertz CT molecular complexity index is 297. The Morgan fingerprint density at radius 2 is 2.57 bits per heavy atom. The molecule has 76 valence electrons. The Balaban J connectivity index is 1.85. The topological polar surface area (TPSA) is 60.2 Å². The summed E-state index contributed by atoms with van der Waals surface area (Å²) in [5, 5.41) is 3.21. The number of rotatable bonds is 3. The molecule has 1 aliphatic heterocycles. The minimum absolute atomic E-state index is 0.332. The number of pyridine rings is 1. The third kappa shape index (κ3) is 2.35. The molecule has 0 aromatic carbocycles. The van der Waals surface area contributed by atoms with Crippen LogP contribution in [0.4, 0.5) is 11.5 Å². The molecule has 4 heteroatoms. The van der Waals surface area contributed by atoms with Gasteiger partial charge in [0.1, 0.15) is 5.82 Å². The first-order valence-corrected chi connectivity index (χ1v) is 4.91. The molecule has 2 rings (SSSR count). The second-order valence-corrected chi connectivity index (χ2v) is 3.49. The van der Waals surface area contributed by atoms with Crippen molar-refractivity contribution in [2.24, 2.45) is 0 Å². The van der Waals surface area contributed by atoms with Crippen LogP contribution in [-0.2, 0) is 4.74 Å². The summed E-state index contributed by atoms with van der Waals surface area (Å²) in [5.41, 5.74) is 6.36. The Kier molecular flexibility index (Phi) is 2.84. The van der Waals surface area contributed by atoms with Crippen LogP contribution in [0.1, 0.15) is 12.8 Å². The highest BCUT2D eigenvalue weighted by molar-refractivity contribution is 5.48. The first-order valence-electron chi connectivity index (χ1n) is 4.91. The fraction of sp³-hybridized carbons (Fsp3) is 0.500. The molecule has 0 aliphatic carbocycles. The summed E-state index contributed by atoms with van der Waals surface area (Å²) in [7, 11) is 0. The van der Waals surface area contributed by atoms with Crippen molar-refractivity contribution in [3.8, 4) is 0 Å². The van der Waals surface area contributed by atoms with Crippen molar-refractivity contribution in [3.05, 3.63) is 18.3 Å². The molecule has 1 aromatic rings. The zero-order valence-corrected chi connectivity index (χ0v) is 8.07. The van der Waals surface area contributed by atoms with Crippen LogP contribution in [0.5, 0.6) is 0 Å². The Morgan fingerprint density at radius 1 is 1.64 bits per heavy atom. The smallest absolute Gasteiger partial charge is 0.128 e. The monoisotopic (exact) mass is 193 g/mol. The lowest BCUT2D eigenvalue weighted by Crippen LogP contribution is -2.18. The van der Waals surface area contributed by atoms with Crippen LogP contribution in [-0.4, -0.2) is 24.2 Å². The van der Waals surface area contributed by atoms with Gasteiger partial charge in [0.15, 0.2) is 0 Å². The number of nitrogens with one attached hydrogen (secondary N) is 1. The maximum Gasteiger partial charge on any atom is 0.128 e. The fourth-order valence-electron chi connectivity index (χ4n) is 1.57. The molecule has 3 N–H and O–H groups in total. The van der Waals surface area contributed by atoms with Crippen molar-refractivity contribution in [1.29, 1.82) is 0 Å². The molecule has 1 saturated heterocycles. The minimum Gasteiger partial charge on any atom is -0.399 e. The molecule has 1 aliphatic rings. The number of anilines is 2. The summed E-state index contributed by atoms with van der Waals surface area (Å²) < 4.78 is 5.48. The van der Waals surface area contributed by atoms with Gasteiger partial charge in [-0.3, -0.25) is 0 Å². The van der Waals surface area contributed by atoms with Crippen molar-refractivity contribution >= 4 is 11.5 Å². The molecule has 0 amide bonds. The number of aromatic nitrogens is 1. The average molecular weight is 193 g/mol. The van der Waals surface area contributed by atoms with Crippen molar-refractivity contribution in [2.75, 3.05) is 24.2 Å². The van der Waals surface area contributed by atoms with Gasteiger partial charge in [0.25, 0.3) is 0 Å². The van der Waals surface area contributed by atoms with Crippen LogP contribution in [0.3, 0.4) is 0 Å². The lowest BCUT2D eigenvalue weighted by molar-refractivity contribution is 0.120. The summed E-state index contributed by atoms with van der Waals surface area (Å²) >= 11 is 0. The van der Waals surface area contributed by atoms with E-state index in [1.165, 1.54) is 0 Å².